The molecule has 0 fully saturated rings. The highest BCUT2D eigenvalue weighted by Crippen LogP contribution is 2.29. The number of alkyl halides is 2. The van der Waals surface area contributed by atoms with Gasteiger partial charge in [0.05, 0.1) is 6.61 Å². The zero-order valence-electron chi connectivity index (χ0n) is 13.5. The van der Waals surface area contributed by atoms with E-state index in [-0.39, 0.29) is 6.61 Å². The normalized spacial score (nSPS) is 11.9. The Kier molecular flexibility index (Phi) is 5.60. The largest absolute Gasteiger partial charge is 0.361 e. The van der Waals surface area contributed by atoms with Gasteiger partial charge in [-0.2, -0.15) is 8.78 Å². The van der Waals surface area contributed by atoms with Crippen LogP contribution in [0.3, 0.4) is 0 Å². The Labute approximate surface area is 143 Å². The molecule has 2 aromatic heterocycles. The molecule has 0 spiro atoms. The Balaban J connectivity index is 1.65. The van der Waals surface area contributed by atoms with Crippen molar-refractivity contribution >= 4 is 22.2 Å². The molecule has 6 heteroatoms. The molecule has 0 aliphatic rings. The van der Waals surface area contributed by atoms with E-state index in [0.717, 1.165) is 18.5 Å². The van der Waals surface area contributed by atoms with Gasteiger partial charge in [0.25, 0.3) is 0 Å². The van der Waals surface area contributed by atoms with Crippen LogP contribution in [0, 0.1) is 0 Å². The topological polar surface area (TPSA) is 28.3 Å². The van der Waals surface area contributed by atoms with E-state index < -0.39 is 6.61 Å². The van der Waals surface area contributed by atoms with Crippen molar-refractivity contribution in [3.63, 3.8) is 0 Å². The Hall–Kier alpha value is -1.76. The number of aromatic amines is 1. The fourth-order valence-electron chi connectivity index (χ4n) is 2.70. The summed E-state index contributed by atoms with van der Waals surface area (Å²) in [6.45, 7) is -1.36. The third kappa shape index (κ3) is 4.20. The second-order valence-electron chi connectivity index (χ2n) is 5.74. The molecular formula is C18H20F2N2OS. The maximum atomic E-state index is 12.0. The van der Waals surface area contributed by atoms with Crippen molar-refractivity contribution in [2.45, 2.75) is 13.0 Å². The van der Waals surface area contributed by atoms with Gasteiger partial charge in [-0.1, -0.05) is 12.1 Å². The molecule has 0 saturated heterocycles. The van der Waals surface area contributed by atoms with Crippen LogP contribution >= 0.6 is 11.3 Å². The molecule has 1 aromatic carbocycles. The summed E-state index contributed by atoms with van der Waals surface area (Å²) in [7, 11) is 1.92. The van der Waals surface area contributed by atoms with Crippen LogP contribution < -0.4 is 0 Å². The van der Waals surface area contributed by atoms with E-state index in [4.69, 9.17) is 0 Å². The highest BCUT2D eigenvalue weighted by atomic mass is 32.1. The molecule has 3 rings (SSSR count). The average molecular weight is 350 g/mol. The quantitative estimate of drug-likeness (QED) is 0.643. The molecule has 0 radical (unpaired) electrons. The minimum Gasteiger partial charge on any atom is -0.361 e. The highest BCUT2D eigenvalue weighted by Gasteiger charge is 2.08. The Morgan fingerprint density at radius 3 is 2.88 bits per heavy atom. The highest BCUT2D eigenvalue weighted by molar-refractivity contribution is 7.13. The summed E-state index contributed by atoms with van der Waals surface area (Å²) in [6, 6.07) is 10.6. The van der Waals surface area contributed by atoms with Crippen LogP contribution in [0.1, 0.15) is 5.56 Å². The van der Waals surface area contributed by atoms with E-state index in [1.165, 1.54) is 21.4 Å². The summed E-state index contributed by atoms with van der Waals surface area (Å²) in [4.78, 5) is 6.56. The predicted molar refractivity (Wildman–Crippen MR) is 94.8 cm³/mol. The number of benzene rings is 1. The van der Waals surface area contributed by atoms with E-state index >= 15 is 0 Å². The maximum Gasteiger partial charge on any atom is 0.345 e. The predicted octanol–water partition coefficient (Wildman–Crippen LogP) is 4.61. The third-order valence-corrected chi connectivity index (χ3v) is 4.97. The Morgan fingerprint density at radius 2 is 2.12 bits per heavy atom. The van der Waals surface area contributed by atoms with Crippen molar-refractivity contribution in [2.24, 2.45) is 0 Å². The van der Waals surface area contributed by atoms with Crippen molar-refractivity contribution in [3.05, 3.63) is 47.5 Å². The first kappa shape index (κ1) is 17.1. The van der Waals surface area contributed by atoms with E-state index in [9.17, 15) is 8.78 Å². The average Bonchev–Trinajstić information content (AvgIpc) is 3.22. The van der Waals surface area contributed by atoms with E-state index in [1.54, 1.807) is 11.3 Å². The van der Waals surface area contributed by atoms with Crippen LogP contribution in [0.25, 0.3) is 21.3 Å². The van der Waals surface area contributed by atoms with Crippen LogP contribution in [-0.2, 0) is 11.2 Å². The van der Waals surface area contributed by atoms with E-state index in [2.05, 4.69) is 45.4 Å². The standard InChI is InChI=1S/C18H20F2N2OS/c1-22(8-9-23-18(19)20)7-6-14-12-21-16-5-4-13(11-15(14)16)17-3-2-10-24-17/h2-5,10-12,18,21H,6-9H2,1H3. The van der Waals surface area contributed by atoms with Gasteiger partial charge in [-0.15, -0.1) is 11.3 Å². The molecule has 0 saturated carbocycles. The summed E-state index contributed by atoms with van der Waals surface area (Å²) < 4.78 is 28.3. The summed E-state index contributed by atoms with van der Waals surface area (Å²) in [5.41, 5.74) is 3.58. The first-order valence-electron chi connectivity index (χ1n) is 7.85. The lowest BCUT2D eigenvalue weighted by Gasteiger charge is -2.16. The number of thiophene rings is 1. The van der Waals surface area contributed by atoms with Gasteiger partial charge in [0.2, 0.25) is 0 Å². The van der Waals surface area contributed by atoms with Gasteiger partial charge in [-0.3, -0.25) is 0 Å². The lowest BCUT2D eigenvalue weighted by molar-refractivity contribution is -0.131. The maximum absolute atomic E-state index is 12.0. The lowest BCUT2D eigenvalue weighted by atomic mass is 10.1. The van der Waals surface area contributed by atoms with Crippen LogP contribution in [0.2, 0.25) is 0 Å². The number of ether oxygens (including phenoxy) is 1. The van der Waals surface area contributed by atoms with Crippen molar-refractivity contribution in [1.29, 1.82) is 0 Å². The van der Waals surface area contributed by atoms with Gasteiger partial charge in [0, 0.05) is 35.1 Å². The molecule has 128 valence electrons. The molecule has 0 unspecified atom stereocenters. The van der Waals surface area contributed by atoms with Gasteiger partial charge >= 0.3 is 6.61 Å². The molecule has 2 heterocycles. The van der Waals surface area contributed by atoms with Gasteiger partial charge in [-0.25, -0.2) is 0 Å². The summed E-state index contributed by atoms with van der Waals surface area (Å²) in [5.74, 6) is 0. The monoisotopic (exact) mass is 350 g/mol. The second-order valence-corrected chi connectivity index (χ2v) is 6.68. The Bertz CT molecular complexity index is 771. The second kappa shape index (κ2) is 7.88. The molecule has 3 aromatic rings. The van der Waals surface area contributed by atoms with E-state index in [1.807, 2.05) is 18.1 Å². The summed E-state index contributed by atoms with van der Waals surface area (Å²) in [6.07, 6.45) is 2.89. The molecular weight excluding hydrogens is 330 g/mol. The number of H-pyrrole nitrogens is 1. The summed E-state index contributed by atoms with van der Waals surface area (Å²) in [5, 5.41) is 3.30. The van der Waals surface area contributed by atoms with Crippen molar-refractivity contribution < 1.29 is 13.5 Å². The lowest BCUT2D eigenvalue weighted by Crippen LogP contribution is -2.26. The molecule has 0 aliphatic heterocycles. The number of likely N-dealkylation sites (N-methyl/N-ethyl adjacent to an activating group) is 1. The first-order chi connectivity index (χ1) is 11.6. The van der Waals surface area contributed by atoms with Crippen molar-refractivity contribution in [3.8, 4) is 10.4 Å². The first-order valence-corrected chi connectivity index (χ1v) is 8.73. The number of nitrogens with zero attached hydrogens (tertiary/aromatic N) is 1. The molecule has 1 N–H and O–H groups in total. The fraction of sp³-hybridized carbons (Fsp3) is 0.333. The number of rotatable bonds is 8. The van der Waals surface area contributed by atoms with Gasteiger partial charge in [-0.05, 0) is 48.2 Å². The van der Waals surface area contributed by atoms with Crippen molar-refractivity contribution in [2.75, 3.05) is 26.7 Å². The van der Waals surface area contributed by atoms with Crippen LogP contribution in [0.15, 0.2) is 41.9 Å². The van der Waals surface area contributed by atoms with Crippen LogP contribution in [0.5, 0.6) is 0 Å². The minimum atomic E-state index is -2.69. The van der Waals surface area contributed by atoms with Crippen molar-refractivity contribution in [1.82, 2.24) is 9.88 Å². The third-order valence-electron chi connectivity index (χ3n) is 4.05. The Morgan fingerprint density at radius 1 is 1.25 bits per heavy atom. The number of hydrogen-bond acceptors (Lipinski definition) is 3. The SMILES string of the molecule is CN(CCOC(F)F)CCc1c[nH]c2ccc(-c3cccs3)cc12. The number of halogens is 2. The molecule has 0 aliphatic carbocycles. The van der Waals surface area contributed by atoms with Gasteiger partial charge < -0.3 is 14.6 Å². The molecule has 0 bridgehead atoms. The number of nitrogens with one attached hydrogen (secondary N) is 1. The van der Waals surface area contributed by atoms with Crippen LogP contribution in [-0.4, -0.2) is 43.2 Å². The zero-order valence-corrected chi connectivity index (χ0v) is 14.3. The number of hydrogen-bond donors (Lipinski definition) is 1. The molecule has 24 heavy (non-hydrogen) atoms. The molecule has 0 atom stereocenters. The zero-order chi connectivity index (χ0) is 16.9. The van der Waals surface area contributed by atoms with E-state index in [0.29, 0.717) is 6.54 Å². The summed E-state index contributed by atoms with van der Waals surface area (Å²) >= 11 is 1.73. The molecule has 0 amide bonds. The smallest absolute Gasteiger partial charge is 0.345 e. The number of fused-ring (bicyclic) bond motifs is 1. The van der Waals surface area contributed by atoms with Gasteiger partial charge in [0.1, 0.15) is 0 Å². The number of aromatic nitrogens is 1. The molecule has 3 nitrogen and oxygen atoms in total. The van der Waals surface area contributed by atoms with Gasteiger partial charge in [0.15, 0.2) is 0 Å². The fourth-order valence-corrected chi connectivity index (χ4v) is 3.43. The minimum absolute atomic E-state index is 0.0462. The van der Waals surface area contributed by atoms with Crippen LogP contribution in [0.4, 0.5) is 8.78 Å².